The molecule has 2 aromatic heterocycles. The zero-order valence-corrected chi connectivity index (χ0v) is 12.6. The summed E-state index contributed by atoms with van der Waals surface area (Å²) in [4.78, 5) is 30.3. The molecular weight excluding hydrogens is 317 g/mol. The largest absolute Gasteiger partial charge is 0.382 e. The Balaban J connectivity index is 1.73. The summed E-state index contributed by atoms with van der Waals surface area (Å²) < 4.78 is 12.4. The van der Waals surface area contributed by atoms with Crippen molar-refractivity contribution in [1.82, 2.24) is 19.5 Å². The third-order valence-electron chi connectivity index (χ3n) is 3.21. The number of ether oxygens (including phenoxy) is 1. The minimum absolute atomic E-state index is 0.0462. The molecule has 4 N–H and O–H groups in total. The molecule has 3 rings (SSSR count). The van der Waals surface area contributed by atoms with Gasteiger partial charge in [-0.25, -0.2) is 15.0 Å². The van der Waals surface area contributed by atoms with Crippen molar-refractivity contribution in [2.45, 2.75) is 25.2 Å². The van der Waals surface area contributed by atoms with Gasteiger partial charge in [-0.3, -0.25) is 4.57 Å². The highest BCUT2D eigenvalue weighted by Gasteiger charge is 2.29. The predicted molar refractivity (Wildman–Crippen MR) is 77.6 cm³/mol. The fourth-order valence-electron chi connectivity index (χ4n) is 2.27. The SMILES string of the molecule is Nc1ncnc2c1ncn2C1CC[C@@H](COP(O)(O)=S)O1. The number of hydrogen-bond donors (Lipinski definition) is 3. The van der Waals surface area contributed by atoms with Crippen LogP contribution < -0.4 is 5.73 Å². The highest BCUT2D eigenvalue weighted by Crippen LogP contribution is 2.38. The average molecular weight is 331 g/mol. The van der Waals surface area contributed by atoms with E-state index in [4.69, 9.17) is 24.8 Å². The Labute approximate surface area is 125 Å². The van der Waals surface area contributed by atoms with Gasteiger partial charge in [-0.1, -0.05) is 0 Å². The zero-order valence-electron chi connectivity index (χ0n) is 10.9. The molecule has 1 saturated heterocycles. The Morgan fingerprint density at radius 1 is 1.43 bits per heavy atom. The molecule has 11 heteroatoms. The lowest BCUT2D eigenvalue weighted by atomic mass is 10.2. The summed E-state index contributed by atoms with van der Waals surface area (Å²) in [5.41, 5.74) is 6.87. The summed E-state index contributed by atoms with van der Waals surface area (Å²) in [5.74, 6) is 0.317. The monoisotopic (exact) mass is 331 g/mol. The maximum atomic E-state index is 9.06. The summed E-state index contributed by atoms with van der Waals surface area (Å²) in [6, 6.07) is 0. The van der Waals surface area contributed by atoms with Crippen LogP contribution >= 0.6 is 6.72 Å². The smallest absolute Gasteiger partial charge is 0.321 e. The van der Waals surface area contributed by atoms with Crippen molar-refractivity contribution in [1.29, 1.82) is 0 Å². The van der Waals surface area contributed by atoms with Crippen molar-refractivity contribution in [2.75, 3.05) is 12.3 Å². The molecule has 1 aliphatic rings. The van der Waals surface area contributed by atoms with Crippen LogP contribution in [0, 0.1) is 0 Å². The standard InChI is InChI=1S/C10H14N5O4PS/c11-9-8-10(13-4-12-9)15(5-14-8)7-2-1-6(19-7)3-18-20(16,17)21/h4-7H,1-3H2,(H2,11,12,13)(H2,16,17,21)/t6-,7?/m0/s1. The molecule has 1 fully saturated rings. The van der Waals surface area contributed by atoms with Crippen LogP contribution in [0.25, 0.3) is 11.2 Å². The van der Waals surface area contributed by atoms with Gasteiger partial charge in [-0.2, -0.15) is 0 Å². The third-order valence-corrected chi connectivity index (χ3v) is 4.01. The van der Waals surface area contributed by atoms with Crippen molar-refractivity contribution in [2.24, 2.45) is 0 Å². The van der Waals surface area contributed by atoms with Gasteiger partial charge in [0.05, 0.1) is 19.0 Å². The first kappa shape index (κ1) is 14.8. The highest BCUT2D eigenvalue weighted by atomic mass is 32.5. The van der Waals surface area contributed by atoms with Crippen LogP contribution in [0.3, 0.4) is 0 Å². The lowest BCUT2D eigenvalue weighted by Crippen LogP contribution is -2.16. The van der Waals surface area contributed by atoms with Crippen LogP contribution in [0.15, 0.2) is 12.7 Å². The second kappa shape index (κ2) is 5.56. The summed E-state index contributed by atoms with van der Waals surface area (Å²) in [6.45, 7) is -3.60. The summed E-state index contributed by atoms with van der Waals surface area (Å²) in [7, 11) is 0. The molecule has 9 nitrogen and oxygen atoms in total. The first-order valence-corrected chi connectivity index (χ1v) is 8.85. The predicted octanol–water partition coefficient (Wildman–Crippen LogP) is 0.312. The lowest BCUT2D eigenvalue weighted by Gasteiger charge is -2.16. The molecular formula is C10H14N5O4PS. The Kier molecular flexibility index (Phi) is 3.91. The van der Waals surface area contributed by atoms with Gasteiger partial charge in [0.2, 0.25) is 0 Å². The van der Waals surface area contributed by atoms with Gasteiger partial charge in [0.1, 0.15) is 18.1 Å². The molecule has 0 spiro atoms. The van der Waals surface area contributed by atoms with Crippen LogP contribution in [0.2, 0.25) is 0 Å². The van der Waals surface area contributed by atoms with Crippen LogP contribution in [-0.2, 0) is 21.1 Å². The minimum Gasteiger partial charge on any atom is -0.382 e. The Morgan fingerprint density at radius 2 is 2.24 bits per heavy atom. The molecule has 0 aromatic carbocycles. The number of aromatic nitrogens is 4. The van der Waals surface area contributed by atoms with Gasteiger partial charge in [0.25, 0.3) is 0 Å². The highest BCUT2D eigenvalue weighted by molar-refractivity contribution is 8.06. The van der Waals surface area contributed by atoms with E-state index in [1.807, 2.05) is 0 Å². The molecule has 2 atom stereocenters. The Bertz CT molecular complexity index is 704. The van der Waals surface area contributed by atoms with E-state index in [9.17, 15) is 0 Å². The van der Waals surface area contributed by atoms with E-state index in [1.54, 1.807) is 10.9 Å². The molecule has 1 aliphatic heterocycles. The lowest BCUT2D eigenvalue weighted by molar-refractivity contribution is -0.0178. The molecule has 0 radical (unpaired) electrons. The summed E-state index contributed by atoms with van der Waals surface area (Å²) in [5, 5.41) is 0. The first-order chi connectivity index (χ1) is 9.94. The molecule has 2 aromatic rings. The topological polar surface area (TPSA) is 129 Å². The van der Waals surface area contributed by atoms with Gasteiger partial charge in [-0.05, 0) is 24.6 Å². The minimum atomic E-state index is -3.65. The quantitative estimate of drug-likeness (QED) is 0.678. The number of hydrogen-bond acceptors (Lipinski definition) is 7. The Morgan fingerprint density at radius 3 is 3.00 bits per heavy atom. The molecule has 0 aliphatic carbocycles. The van der Waals surface area contributed by atoms with Gasteiger partial charge in [0, 0.05) is 0 Å². The van der Waals surface area contributed by atoms with Crippen LogP contribution in [0.4, 0.5) is 5.82 Å². The maximum absolute atomic E-state index is 9.06. The number of nitrogens with two attached hydrogens (primary N) is 1. The van der Waals surface area contributed by atoms with Crippen molar-refractivity contribution in [3.8, 4) is 0 Å². The van der Waals surface area contributed by atoms with Crippen LogP contribution in [0.5, 0.6) is 0 Å². The molecule has 0 bridgehead atoms. The van der Waals surface area contributed by atoms with Crippen molar-refractivity contribution < 1.29 is 19.0 Å². The summed E-state index contributed by atoms with van der Waals surface area (Å²) >= 11 is 4.40. The van der Waals surface area contributed by atoms with Crippen LogP contribution in [0.1, 0.15) is 19.1 Å². The number of anilines is 1. The van der Waals surface area contributed by atoms with Gasteiger partial charge >= 0.3 is 6.72 Å². The molecule has 0 amide bonds. The van der Waals surface area contributed by atoms with E-state index in [-0.39, 0.29) is 18.9 Å². The molecule has 114 valence electrons. The molecule has 1 unspecified atom stereocenters. The normalized spacial score (nSPS) is 23.0. The molecule has 21 heavy (non-hydrogen) atoms. The fourth-order valence-corrected chi connectivity index (χ4v) is 2.82. The van der Waals surface area contributed by atoms with Gasteiger partial charge in [0.15, 0.2) is 11.5 Å². The van der Waals surface area contributed by atoms with Crippen molar-refractivity contribution >= 4 is 35.5 Å². The number of fused-ring (bicyclic) bond motifs is 1. The number of imidazole rings is 1. The zero-order chi connectivity index (χ0) is 15.0. The summed E-state index contributed by atoms with van der Waals surface area (Å²) in [6.07, 6.45) is 3.90. The first-order valence-electron chi connectivity index (χ1n) is 6.22. The van der Waals surface area contributed by atoms with Crippen molar-refractivity contribution in [3.05, 3.63) is 12.7 Å². The van der Waals surface area contributed by atoms with E-state index in [1.165, 1.54) is 6.33 Å². The number of rotatable bonds is 4. The second-order valence-electron chi connectivity index (χ2n) is 4.66. The van der Waals surface area contributed by atoms with E-state index in [2.05, 4.69) is 26.8 Å². The maximum Gasteiger partial charge on any atom is 0.321 e. The third kappa shape index (κ3) is 3.20. The van der Waals surface area contributed by atoms with E-state index in [0.717, 1.165) is 6.42 Å². The van der Waals surface area contributed by atoms with Gasteiger partial charge < -0.3 is 24.8 Å². The van der Waals surface area contributed by atoms with Crippen molar-refractivity contribution in [3.63, 3.8) is 0 Å². The van der Waals surface area contributed by atoms with E-state index >= 15 is 0 Å². The molecule has 0 saturated carbocycles. The molecule has 3 heterocycles. The number of nitrogen functional groups attached to an aromatic ring is 1. The average Bonchev–Trinajstić information content (AvgIpc) is 3.02. The number of nitrogens with zero attached hydrogens (tertiary/aromatic N) is 4. The fraction of sp³-hybridized carbons (Fsp3) is 0.500. The van der Waals surface area contributed by atoms with E-state index < -0.39 is 6.72 Å². The van der Waals surface area contributed by atoms with Gasteiger partial charge in [-0.15, -0.1) is 0 Å². The van der Waals surface area contributed by atoms with E-state index in [0.29, 0.717) is 23.4 Å². The second-order valence-corrected chi connectivity index (χ2v) is 7.33. The Hall–Kier alpha value is -1.16. The van der Waals surface area contributed by atoms with Crippen LogP contribution in [-0.4, -0.2) is 42.0 Å².